The van der Waals surface area contributed by atoms with E-state index in [0.717, 1.165) is 13.0 Å². The maximum absolute atomic E-state index is 11.4. The van der Waals surface area contributed by atoms with E-state index >= 15 is 0 Å². The molecule has 0 aromatic carbocycles. The Kier molecular flexibility index (Phi) is 5.64. The van der Waals surface area contributed by atoms with Crippen molar-refractivity contribution in [1.29, 1.82) is 0 Å². The lowest BCUT2D eigenvalue weighted by Gasteiger charge is -2.28. The zero-order valence-corrected chi connectivity index (χ0v) is 12.2. The zero-order valence-electron chi connectivity index (χ0n) is 12.2. The molecular weight excluding hydrogens is 238 g/mol. The van der Waals surface area contributed by atoms with Crippen LogP contribution in [0, 0.1) is 0 Å². The van der Waals surface area contributed by atoms with Crippen LogP contribution < -0.4 is 11.1 Å². The van der Waals surface area contributed by atoms with E-state index in [-0.39, 0.29) is 11.9 Å². The van der Waals surface area contributed by atoms with E-state index in [0.29, 0.717) is 12.1 Å². The topological polar surface area (TPSA) is 58.4 Å². The van der Waals surface area contributed by atoms with Crippen molar-refractivity contribution in [3.05, 3.63) is 0 Å². The van der Waals surface area contributed by atoms with Gasteiger partial charge in [-0.3, -0.25) is 4.79 Å². The number of nitrogens with zero attached hydrogens (tertiary/aromatic N) is 1. The summed E-state index contributed by atoms with van der Waals surface area (Å²) in [5, 5.41) is 3.36. The van der Waals surface area contributed by atoms with Gasteiger partial charge in [-0.15, -0.1) is 0 Å². The molecule has 1 unspecified atom stereocenters. The van der Waals surface area contributed by atoms with Crippen LogP contribution in [0.5, 0.6) is 0 Å². The average molecular weight is 267 g/mol. The van der Waals surface area contributed by atoms with Gasteiger partial charge in [0.1, 0.15) is 0 Å². The molecule has 0 aliphatic heterocycles. The smallest absolute Gasteiger partial charge is 0.234 e. The molecular formula is C15H29N3O. The molecule has 0 radical (unpaired) electrons. The first-order valence-corrected chi connectivity index (χ1v) is 7.92. The molecule has 0 saturated heterocycles. The summed E-state index contributed by atoms with van der Waals surface area (Å²) in [5.41, 5.74) is 5.48. The van der Waals surface area contributed by atoms with Gasteiger partial charge in [-0.25, -0.2) is 0 Å². The van der Waals surface area contributed by atoms with E-state index in [1.165, 1.54) is 51.4 Å². The van der Waals surface area contributed by atoms with Crippen LogP contribution in [0.4, 0.5) is 0 Å². The Balaban J connectivity index is 1.73. The van der Waals surface area contributed by atoms with Crippen LogP contribution in [0.25, 0.3) is 0 Å². The molecule has 0 heterocycles. The second-order valence-electron chi connectivity index (χ2n) is 6.31. The van der Waals surface area contributed by atoms with Crippen molar-refractivity contribution in [1.82, 2.24) is 10.2 Å². The molecule has 1 atom stereocenters. The van der Waals surface area contributed by atoms with E-state index < -0.39 is 0 Å². The Morgan fingerprint density at radius 2 is 1.84 bits per heavy atom. The Labute approximate surface area is 117 Å². The summed E-state index contributed by atoms with van der Waals surface area (Å²) in [7, 11) is 2.20. The summed E-state index contributed by atoms with van der Waals surface area (Å²) in [6, 6.07) is 1.11. The SMILES string of the molecule is CN(CCC(NC1CC1)C(N)=O)C1CCCCCC1. The highest BCUT2D eigenvalue weighted by Crippen LogP contribution is 2.22. The van der Waals surface area contributed by atoms with Gasteiger partial charge in [0.15, 0.2) is 0 Å². The molecule has 0 spiro atoms. The van der Waals surface area contributed by atoms with Crippen LogP contribution in [0.15, 0.2) is 0 Å². The molecule has 2 aliphatic rings. The predicted molar refractivity (Wildman–Crippen MR) is 77.9 cm³/mol. The first kappa shape index (κ1) is 14.8. The van der Waals surface area contributed by atoms with Crippen LogP contribution in [0.1, 0.15) is 57.8 Å². The first-order chi connectivity index (χ1) is 9.16. The molecule has 4 heteroatoms. The predicted octanol–water partition coefficient (Wildman–Crippen LogP) is 1.64. The highest BCUT2D eigenvalue weighted by Gasteiger charge is 2.27. The Morgan fingerprint density at radius 3 is 2.37 bits per heavy atom. The summed E-state index contributed by atoms with van der Waals surface area (Å²) >= 11 is 0. The fraction of sp³-hybridized carbons (Fsp3) is 0.933. The largest absolute Gasteiger partial charge is 0.368 e. The minimum Gasteiger partial charge on any atom is -0.368 e. The summed E-state index contributed by atoms with van der Waals surface area (Å²) in [4.78, 5) is 13.9. The minimum absolute atomic E-state index is 0.138. The molecule has 2 rings (SSSR count). The monoisotopic (exact) mass is 267 g/mol. The summed E-state index contributed by atoms with van der Waals surface area (Å²) in [5.74, 6) is -0.193. The number of nitrogens with two attached hydrogens (primary N) is 1. The third-order valence-corrected chi connectivity index (χ3v) is 4.58. The Morgan fingerprint density at radius 1 is 1.21 bits per heavy atom. The molecule has 1 amide bonds. The molecule has 0 bridgehead atoms. The second kappa shape index (κ2) is 7.25. The van der Waals surface area contributed by atoms with Crippen molar-refractivity contribution < 1.29 is 4.79 Å². The van der Waals surface area contributed by atoms with Gasteiger partial charge in [-0.2, -0.15) is 0 Å². The van der Waals surface area contributed by atoms with Crippen LogP contribution in [-0.4, -0.2) is 42.5 Å². The van der Waals surface area contributed by atoms with Crippen molar-refractivity contribution in [3.63, 3.8) is 0 Å². The van der Waals surface area contributed by atoms with Gasteiger partial charge >= 0.3 is 0 Å². The lowest BCUT2D eigenvalue weighted by atomic mass is 10.1. The van der Waals surface area contributed by atoms with E-state index in [2.05, 4.69) is 17.3 Å². The maximum Gasteiger partial charge on any atom is 0.234 e. The van der Waals surface area contributed by atoms with Crippen molar-refractivity contribution in [3.8, 4) is 0 Å². The van der Waals surface area contributed by atoms with Gasteiger partial charge < -0.3 is 16.0 Å². The lowest BCUT2D eigenvalue weighted by molar-refractivity contribution is -0.120. The number of rotatable bonds is 7. The number of hydrogen-bond acceptors (Lipinski definition) is 3. The van der Waals surface area contributed by atoms with Gasteiger partial charge in [0, 0.05) is 18.6 Å². The number of carbonyl (C=O) groups is 1. The highest BCUT2D eigenvalue weighted by molar-refractivity contribution is 5.79. The molecule has 4 nitrogen and oxygen atoms in total. The quantitative estimate of drug-likeness (QED) is 0.689. The average Bonchev–Trinajstić information content (AvgIpc) is 3.20. The molecule has 19 heavy (non-hydrogen) atoms. The van der Waals surface area contributed by atoms with Gasteiger partial charge in [0.2, 0.25) is 5.91 Å². The fourth-order valence-electron chi connectivity index (χ4n) is 3.06. The van der Waals surface area contributed by atoms with E-state index in [4.69, 9.17) is 5.73 Å². The van der Waals surface area contributed by atoms with Crippen LogP contribution in [0.2, 0.25) is 0 Å². The minimum atomic E-state index is -0.193. The number of hydrogen-bond donors (Lipinski definition) is 2. The zero-order chi connectivity index (χ0) is 13.7. The van der Waals surface area contributed by atoms with Gasteiger partial charge in [0.05, 0.1) is 6.04 Å². The Hall–Kier alpha value is -0.610. The van der Waals surface area contributed by atoms with Gasteiger partial charge in [-0.05, 0) is 39.2 Å². The number of nitrogens with one attached hydrogen (secondary N) is 1. The van der Waals surface area contributed by atoms with E-state index in [1.807, 2.05) is 0 Å². The molecule has 2 fully saturated rings. The van der Waals surface area contributed by atoms with Crippen LogP contribution in [-0.2, 0) is 4.79 Å². The summed E-state index contributed by atoms with van der Waals surface area (Å²) < 4.78 is 0. The molecule has 0 aromatic rings. The molecule has 0 aromatic heterocycles. The first-order valence-electron chi connectivity index (χ1n) is 7.92. The molecule has 2 aliphatic carbocycles. The lowest BCUT2D eigenvalue weighted by Crippen LogP contribution is -2.45. The summed E-state index contributed by atoms with van der Waals surface area (Å²) in [6.45, 7) is 0.970. The third-order valence-electron chi connectivity index (χ3n) is 4.58. The van der Waals surface area contributed by atoms with Crippen molar-refractivity contribution in [2.45, 2.75) is 75.9 Å². The standard InChI is InChI=1S/C15H29N3O/c1-18(13-6-4-2-3-5-7-13)11-10-14(15(16)19)17-12-8-9-12/h12-14,17H,2-11H2,1H3,(H2,16,19). The molecule has 2 saturated carbocycles. The van der Waals surface area contributed by atoms with E-state index in [9.17, 15) is 4.79 Å². The van der Waals surface area contributed by atoms with Crippen LogP contribution >= 0.6 is 0 Å². The van der Waals surface area contributed by atoms with Crippen molar-refractivity contribution >= 4 is 5.91 Å². The van der Waals surface area contributed by atoms with Crippen molar-refractivity contribution in [2.75, 3.05) is 13.6 Å². The molecule has 3 N–H and O–H groups in total. The molecule has 110 valence electrons. The summed E-state index contributed by atoms with van der Waals surface area (Å²) in [6.07, 6.45) is 11.4. The number of carbonyl (C=O) groups excluding carboxylic acids is 1. The fourth-order valence-corrected chi connectivity index (χ4v) is 3.06. The highest BCUT2D eigenvalue weighted by atomic mass is 16.1. The second-order valence-corrected chi connectivity index (χ2v) is 6.31. The van der Waals surface area contributed by atoms with E-state index in [1.54, 1.807) is 0 Å². The number of primary amides is 1. The van der Waals surface area contributed by atoms with Crippen molar-refractivity contribution in [2.24, 2.45) is 5.73 Å². The Bertz CT molecular complexity index is 283. The van der Waals surface area contributed by atoms with Gasteiger partial charge in [-0.1, -0.05) is 25.7 Å². The maximum atomic E-state index is 11.4. The normalized spacial score (nSPS) is 23.3. The van der Waals surface area contributed by atoms with Gasteiger partial charge in [0.25, 0.3) is 0 Å². The van der Waals surface area contributed by atoms with Crippen LogP contribution in [0.3, 0.4) is 0 Å². The third kappa shape index (κ3) is 5.11. The number of amides is 1.